The van der Waals surface area contributed by atoms with E-state index in [1.807, 2.05) is 6.92 Å². The van der Waals surface area contributed by atoms with Gasteiger partial charge in [0.2, 0.25) is 0 Å². The lowest BCUT2D eigenvalue weighted by Gasteiger charge is -2.12. The summed E-state index contributed by atoms with van der Waals surface area (Å²) in [5.74, 6) is 0.856. The molecule has 4 heteroatoms. The average Bonchev–Trinajstić information content (AvgIpc) is 2.56. The minimum atomic E-state index is 0.353. The van der Waals surface area contributed by atoms with Crippen LogP contribution in [0.3, 0.4) is 0 Å². The van der Waals surface area contributed by atoms with Gasteiger partial charge in [0.05, 0.1) is 18.1 Å². The van der Waals surface area contributed by atoms with Gasteiger partial charge in [-0.15, -0.1) is 0 Å². The lowest BCUT2D eigenvalue weighted by atomic mass is 10.2. The van der Waals surface area contributed by atoms with E-state index in [-0.39, 0.29) is 0 Å². The first kappa shape index (κ1) is 9.40. The minimum absolute atomic E-state index is 0.353. The van der Waals surface area contributed by atoms with Crippen LogP contribution in [-0.2, 0) is 0 Å². The third kappa shape index (κ3) is 2.20. The summed E-state index contributed by atoms with van der Waals surface area (Å²) in [5.41, 5.74) is 6.77. The van der Waals surface area contributed by atoms with Crippen LogP contribution in [0.2, 0.25) is 0 Å². The van der Waals surface area contributed by atoms with Gasteiger partial charge < -0.3 is 11.1 Å². The molecule has 0 spiro atoms. The molecule has 2 rings (SSSR count). The van der Waals surface area contributed by atoms with Gasteiger partial charge in [-0.25, -0.2) is 4.98 Å². The van der Waals surface area contributed by atoms with E-state index in [4.69, 9.17) is 5.73 Å². The molecule has 1 aliphatic carbocycles. The monoisotopic (exact) mass is 192 g/mol. The van der Waals surface area contributed by atoms with Crippen molar-refractivity contribution in [3.8, 4) is 0 Å². The van der Waals surface area contributed by atoms with E-state index < -0.39 is 0 Å². The van der Waals surface area contributed by atoms with Gasteiger partial charge in [-0.3, -0.25) is 4.98 Å². The van der Waals surface area contributed by atoms with Crippen molar-refractivity contribution in [1.82, 2.24) is 9.97 Å². The Kier molecular flexibility index (Phi) is 2.63. The first-order chi connectivity index (χ1) is 6.74. The van der Waals surface area contributed by atoms with Crippen LogP contribution in [0, 0.1) is 6.92 Å². The summed E-state index contributed by atoms with van der Waals surface area (Å²) in [6, 6.07) is 0.827. The molecular weight excluding hydrogens is 176 g/mol. The van der Waals surface area contributed by atoms with Gasteiger partial charge in [0.25, 0.3) is 0 Å². The highest BCUT2D eigenvalue weighted by atomic mass is 15.0. The predicted molar refractivity (Wildman–Crippen MR) is 56.0 cm³/mol. The maximum absolute atomic E-state index is 5.83. The summed E-state index contributed by atoms with van der Waals surface area (Å²) in [6.07, 6.45) is 6.83. The fourth-order valence-corrected chi connectivity index (χ4v) is 1.82. The van der Waals surface area contributed by atoms with Crippen molar-refractivity contribution in [1.29, 1.82) is 0 Å². The highest BCUT2D eigenvalue weighted by Crippen LogP contribution is 2.20. The van der Waals surface area contributed by atoms with Crippen LogP contribution in [0.25, 0.3) is 0 Å². The topological polar surface area (TPSA) is 63.8 Å². The zero-order valence-electron chi connectivity index (χ0n) is 8.40. The number of nitrogens with two attached hydrogens (primary N) is 1. The largest absolute Gasteiger partial charge is 0.366 e. The molecule has 76 valence electrons. The normalized spacial score (nSPS) is 26.4. The molecule has 1 heterocycles. The number of rotatable bonds is 2. The van der Waals surface area contributed by atoms with Crippen molar-refractivity contribution >= 4 is 5.82 Å². The molecule has 4 nitrogen and oxygen atoms in total. The van der Waals surface area contributed by atoms with Gasteiger partial charge in [-0.05, 0) is 26.2 Å². The highest BCUT2D eigenvalue weighted by Gasteiger charge is 2.21. The van der Waals surface area contributed by atoms with E-state index >= 15 is 0 Å². The van der Waals surface area contributed by atoms with Crippen molar-refractivity contribution in [3.63, 3.8) is 0 Å². The van der Waals surface area contributed by atoms with Gasteiger partial charge in [0.15, 0.2) is 0 Å². The van der Waals surface area contributed by atoms with Crippen molar-refractivity contribution in [2.75, 3.05) is 5.32 Å². The summed E-state index contributed by atoms with van der Waals surface area (Å²) in [6.45, 7) is 1.93. The fraction of sp³-hybridized carbons (Fsp3) is 0.600. The van der Waals surface area contributed by atoms with Gasteiger partial charge >= 0.3 is 0 Å². The number of anilines is 1. The minimum Gasteiger partial charge on any atom is -0.366 e. The van der Waals surface area contributed by atoms with Crippen LogP contribution in [0.15, 0.2) is 12.4 Å². The molecule has 1 aromatic heterocycles. The maximum atomic E-state index is 5.83. The molecule has 0 saturated heterocycles. The summed E-state index contributed by atoms with van der Waals surface area (Å²) < 4.78 is 0. The van der Waals surface area contributed by atoms with Crippen molar-refractivity contribution in [2.24, 2.45) is 5.73 Å². The maximum Gasteiger partial charge on any atom is 0.144 e. The summed E-state index contributed by atoms with van der Waals surface area (Å²) >= 11 is 0. The fourth-order valence-electron chi connectivity index (χ4n) is 1.82. The first-order valence-electron chi connectivity index (χ1n) is 5.05. The molecule has 0 aromatic carbocycles. The Morgan fingerprint density at radius 2 is 2.21 bits per heavy atom. The Bertz CT molecular complexity index is 295. The summed E-state index contributed by atoms with van der Waals surface area (Å²) in [7, 11) is 0. The Balaban J connectivity index is 1.94. The van der Waals surface area contributed by atoms with Crippen LogP contribution in [0.4, 0.5) is 5.82 Å². The van der Waals surface area contributed by atoms with E-state index in [9.17, 15) is 0 Å². The van der Waals surface area contributed by atoms with Gasteiger partial charge in [-0.1, -0.05) is 0 Å². The molecule has 1 saturated carbocycles. The number of nitrogens with one attached hydrogen (secondary N) is 1. The van der Waals surface area contributed by atoms with Crippen LogP contribution in [-0.4, -0.2) is 22.1 Å². The average molecular weight is 192 g/mol. The van der Waals surface area contributed by atoms with E-state index in [1.54, 1.807) is 12.4 Å². The predicted octanol–water partition coefficient (Wildman–Crippen LogP) is 1.08. The molecule has 1 aliphatic rings. The SMILES string of the molecule is Cc1cnc(N[C@H]2CC[C@H](N)C2)cn1. The number of hydrogen-bond donors (Lipinski definition) is 2. The molecule has 0 unspecified atom stereocenters. The molecular formula is C10H16N4. The van der Waals surface area contributed by atoms with Gasteiger partial charge in [0, 0.05) is 12.1 Å². The van der Waals surface area contributed by atoms with Crippen molar-refractivity contribution < 1.29 is 0 Å². The van der Waals surface area contributed by atoms with Crippen LogP contribution in [0.1, 0.15) is 25.0 Å². The van der Waals surface area contributed by atoms with Crippen LogP contribution < -0.4 is 11.1 Å². The Hall–Kier alpha value is -1.16. The number of aryl methyl sites for hydroxylation is 1. The molecule has 0 aliphatic heterocycles. The molecule has 0 amide bonds. The van der Waals surface area contributed by atoms with Crippen molar-refractivity contribution in [2.45, 2.75) is 38.3 Å². The van der Waals surface area contributed by atoms with Crippen LogP contribution >= 0.6 is 0 Å². The zero-order chi connectivity index (χ0) is 9.97. The molecule has 0 bridgehead atoms. The Morgan fingerprint density at radius 1 is 1.36 bits per heavy atom. The molecule has 14 heavy (non-hydrogen) atoms. The van der Waals surface area contributed by atoms with E-state index in [1.165, 1.54) is 0 Å². The lowest BCUT2D eigenvalue weighted by Crippen LogP contribution is -2.21. The second kappa shape index (κ2) is 3.92. The molecule has 2 atom stereocenters. The standard InChI is InChI=1S/C10H16N4/c1-7-5-13-10(6-12-7)14-9-3-2-8(11)4-9/h5-6,8-9H,2-4,11H2,1H3,(H,13,14)/t8-,9-/m0/s1. The quantitative estimate of drug-likeness (QED) is 0.736. The van der Waals surface area contributed by atoms with E-state index in [2.05, 4.69) is 15.3 Å². The summed E-state index contributed by atoms with van der Waals surface area (Å²) in [5, 5.41) is 3.34. The van der Waals surface area contributed by atoms with E-state index in [0.29, 0.717) is 12.1 Å². The summed E-state index contributed by atoms with van der Waals surface area (Å²) in [4.78, 5) is 8.44. The van der Waals surface area contributed by atoms with Crippen LogP contribution in [0.5, 0.6) is 0 Å². The second-order valence-electron chi connectivity index (χ2n) is 3.96. The number of hydrogen-bond acceptors (Lipinski definition) is 4. The first-order valence-corrected chi connectivity index (χ1v) is 5.05. The third-order valence-corrected chi connectivity index (χ3v) is 2.61. The van der Waals surface area contributed by atoms with E-state index in [0.717, 1.165) is 30.8 Å². The molecule has 1 fully saturated rings. The smallest absolute Gasteiger partial charge is 0.144 e. The Morgan fingerprint density at radius 3 is 2.79 bits per heavy atom. The Labute approximate surface area is 83.9 Å². The third-order valence-electron chi connectivity index (χ3n) is 2.61. The number of nitrogens with zero attached hydrogens (tertiary/aromatic N) is 2. The number of aromatic nitrogens is 2. The van der Waals surface area contributed by atoms with Crippen molar-refractivity contribution in [3.05, 3.63) is 18.1 Å². The lowest BCUT2D eigenvalue weighted by molar-refractivity contribution is 0.686. The molecule has 0 radical (unpaired) electrons. The highest BCUT2D eigenvalue weighted by molar-refractivity contribution is 5.32. The molecule has 3 N–H and O–H groups in total. The second-order valence-corrected chi connectivity index (χ2v) is 3.96. The van der Waals surface area contributed by atoms with Gasteiger partial charge in [-0.2, -0.15) is 0 Å². The van der Waals surface area contributed by atoms with Gasteiger partial charge in [0.1, 0.15) is 5.82 Å². The zero-order valence-corrected chi connectivity index (χ0v) is 8.40. The molecule has 1 aromatic rings.